The third-order valence-corrected chi connectivity index (χ3v) is 6.55. The number of halogens is 1. The van der Waals surface area contributed by atoms with Crippen molar-refractivity contribution in [2.75, 3.05) is 31.6 Å². The fourth-order valence-corrected chi connectivity index (χ4v) is 4.51. The molecule has 1 amide bonds. The van der Waals surface area contributed by atoms with Crippen LogP contribution < -0.4 is 10.8 Å². The Kier molecular flexibility index (Phi) is 8.54. The van der Waals surface area contributed by atoms with Crippen molar-refractivity contribution in [1.29, 1.82) is 0 Å². The number of anilines is 2. The average Bonchev–Trinajstić information content (AvgIpc) is 2.94. The minimum absolute atomic E-state index is 0.154. The fraction of sp³-hybridized carbons (Fsp3) is 0.393. The maximum Gasteiger partial charge on any atom is 0.274 e. The lowest BCUT2D eigenvalue weighted by atomic mass is 10.1. The summed E-state index contributed by atoms with van der Waals surface area (Å²) in [5.74, 6) is -0.276. The molecule has 2 N–H and O–H groups in total. The van der Waals surface area contributed by atoms with Gasteiger partial charge in [0.05, 0.1) is 18.4 Å². The van der Waals surface area contributed by atoms with Gasteiger partial charge in [0.1, 0.15) is 5.82 Å². The summed E-state index contributed by atoms with van der Waals surface area (Å²) in [6.45, 7) is 5.45. The van der Waals surface area contributed by atoms with Crippen LogP contribution in [0.3, 0.4) is 0 Å². The molecule has 0 bridgehead atoms. The van der Waals surface area contributed by atoms with Crippen LogP contribution in [-0.4, -0.2) is 59.5 Å². The van der Waals surface area contributed by atoms with Crippen LogP contribution in [0.15, 0.2) is 54.7 Å². The first-order valence-electron chi connectivity index (χ1n) is 12.9. The van der Waals surface area contributed by atoms with E-state index in [4.69, 9.17) is 14.3 Å². The quantitative estimate of drug-likeness (QED) is 0.420. The van der Waals surface area contributed by atoms with Crippen LogP contribution in [0.25, 0.3) is 11.3 Å². The molecule has 0 aliphatic carbocycles. The number of nitrogens with zero attached hydrogens (tertiary/aromatic N) is 3. The first kappa shape index (κ1) is 26.2. The standard InChI is InChI=1S/C28H32FN5O4/c1-19-17-34(13-15-36-19)18-22-9-10-23(16-24(22)29)31-28-30-12-11-25(32-28)20-5-7-21(8-6-20)27(35)33-38-26-4-2-3-14-37-26/h5-12,16,19,26H,2-4,13-15,17-18H2,1H3,(H,33,35)(H,30,31,32)/t19-,26?/m0/s1. The van der Waals surface area contributed by atoms with E-state index in [1.807, 2.05) is 13.0 Å². The molecule has 3 heterocycles. The van der Waals surface area contributed by atoms with E-state index in [0.717, 1.165) is 37.9 Å². The van der Waals surface area contributed by atoms with E-state index in [1.165, 1.54) is 6.07 Å². The van der Waals surface area contributed by atoms with E-state index < -0.39 is 6.29 Å². The zero-order valence-electron chi connectivity index (χ0n) is 21.4. The maximum absolute atomic E-state index is 14.8. The molecule has 2 aliphatic heterocycles. The van der Waals surface area contributed by atoms with Crippen LogP contribution in [0, 0.1) is 5.82 Å². The zero-order chi connectivity index (χ0) is 26.3. The van der Waals surface area contributed by atoms with Crippen LogP contribution in [-0.2, 0) is 20.9 Å². The summed E-state index contributed by atoms with van der Waals surface area (Å²) < 4.78 is 25.8. The SMILES string of the molecule is C[C@H]1CN(Cc2ccc(Nc3nccc(-c4ccc(C(=O)NOC5CCCCO5)cc4)n3)cc2F)CCO1. The number of hydrogen-bond acceptors (Lipinski definition) is 8. The van der Waals surface area contributed by atoms with E-state index in [-0.39, 0.29) is 17.8 Å². The minimum Gasteiger partial charge on any atom is -0.376 e. The van der Waals surface area contributed by atoms with Gasteiger partial charge in [-0.2, -0.15) is 0 Å². The van der Waals surface area contributed by atoms with Crippen LogP contribution >= 0.6 is 0 Å². The number of hydroxylamine groups is 1. The summed E-state index contributed by atoms with van der Waals surface area (Å²) in [5, 5.41) is 3.08. The number of hydrogen-bond donors (Lipinski definition) is 2. The lowest BCUT2D eigenvalue weighted by molar-refractivity contribution is -0.186. The molecule has 0 saturated carbocycles. The first-order chi connectivity index (χ1) is 18.5. The van der Waals surface area contributed by atoms with Gasteiger partial charge in [0, 0.05) is 61.2 Å². The lowest BCUT2D eigenvalue weighted by Crippen LogP contribution is -2.40. The highest BCUT2D eigenvalue weighted by molar-refractivity contribution is 5.93. The number of carbonyl (C=O) groups excluding carboxylic acids is 1. The van der Waals surface area contributed by atoms with Crippen molar-refractivity contribution in [3.63, 3.8) is 0 Å². The number of morpholine rings is 1. The molecule has 3 aromatic rings. The smallest absolute Gasteiger partial charge is 0.274 e. The van der Waals surface area contributed by atoms with Gasteiger partial charge < -0.3 is 14.8 Å². The molecule has 200 valence electrons. The van der Waals surface area contributed by atoms with Crippen LogP contribution in [0.5, 0.6) is 0 Å². The third-order valence-electron chi connectivity index (χ3n) is 6.55. The Morgan fingerprint density at radius 1 is 1.13 bits per heavy atom. The van der Waals surface area contributed by atoms with Gasteiger partial charge in [-0.3, -0.25) is 9.69 Å². The lowest BCUT2D eigenvalue weighted by Gasteiger charge is -2.31. The van der Waals surface area contributed by atoms with Gasteiger partial charge in [-0.1, -0.05) is 18.2 Å². The number of ether oxygens (including phenoxy) is 2. The van der Waals surface area contributed by atoms with Gasteiger partial charge in [-0.25, -0.2) is 24.7 Å². The van der Waals surface area contributed by atoms with Crippen molar-refractivity contribution in [2.45, 2.75) is 45.1 Å². The Morgan fingerprint density at radius 2 is 2.00 bits per heavy atom. The highest BCUT2D eigenvalue weighted by Crippen LogP contribution is 2.23. The topological polar surface area (TPSA) is 97.8 Å². The molecule has 0 radical (unpaired) electrons. The Labute approximate surface area is 221 Å². The van der Waals surface area contributed by atoms with Crippen molar-refractivity contribution < 1.29 is 23.5 Å². The molecule has 2 atom stereocenters. The second kappa shape index (κ2) is 12.4. The van der Waals surface area contributed by atoms with Crippen molar-refractivity contribution >= 4 is 17.5 Å². The number of aromatic nitrogens is 2. The zero-order valence-corrected chi connectivity index (χ0v) is 21.4. The van der Waals surface area contributed by atoms with Crippen LogP contribution in [0.1, 0.15) is 42.1 Å². The summed E-state index contributed by atoms with van der Waals surface area (Å²) >= 11 is 0. The number of benzene rings is 2. The van der Waals surface area contributed by atoms with E-state index in [1.54, 1.807) is 42.6 Å². The van der Waals surface area contributed by atoms with Gasteiger partial charge in [-0.05, 0) is 50.1 Å². The predicted molar refractivity (Wildman–Crippen MR) is 140 cm³/mol. The van der Waals surface area contributed by atoms with E-state index in [2.05, 4.69) is 25.7 Å². The summed E-state index contributed by atoms with van der Waals surface area (Å²) in [6, 6.07) is 13.9. The van der Waals surface area contributed by atoms with Crippen LogP contribution in [0.4, 0.5) is 16.0 Å². The van der Waals surface area contributed by atoms with Gasteiger partial charge in [0.25, 0.3) is 5.91 Å². The molecule has 9 nitrogen and oxygen atoms in total. The fourth-order valence-electron chi connectivity index (χ4n) is 4.51. The Balaban J connectivity index is 1.19. The van der Waals surface area contributed by atoms with Gasteiger partial charge >= 0.3 is 0 Å². The van der Waals surface area contributed by atoms with Crippen molar-refractivity contribution in [3.05, 3.63) is 71.7 Å². The Morgan fingerprint density at radius 3 is 2.76 bits per heavy atom. The molecule has 0 spiro atoms. The number of amides is 1. The van der Waals surface area contributed by atoms with E-state index >= 15 is 0 Å². The summed E-state index contributed by atoms with van der Waals surface area (Å²) in [6.07, 6.45) is 4.16. The molecular weight excluding hydrogens is 489 g/mol. The summed E-state index contributed by atoms with van der Waals surface area (Å²) in [4.78, 5) is 28.8. The highest BCUT2D eigenvalue weighted by Gasteiger charge is 2.19. The molecule has 2 fully saturated rings. The van der Waals surface area contributed by atoms with Gasteiger partial charge in [0.15, 0.2) is 6.29 Å². The third kappa shape index (κ3) is 6.90. The summed E-state index contributed by atoms with van der Waals surface area (Å²) in [7, 11) is 0. The molecule has 38 heavy (non-hydrogen) atoms. The molecule has 2 aliphatic rings. The van der Waals surface area contributed by atoms with Crippen molar-refractivity contribution in [1.82, 2.24) is 20.3 Å². The van der Waals surface area contributed by atoms with Gasteiger partial charge in [0.2, 0.25) is 5.95 Å². The second-order valence-electron chi connectivity index (χ2n) is 9.54. The normalized spacial score (nSPS) is 20.2. The second-order valence-corrected chi connectivity index (χ2v) is 9.54. The van der Waals surface area contributed by atoms with E-state index in [9.17, 15) is 9.18 Å². The maximum atomic E-state index is 14.8. The molecule has 2 saturated heterocycles. The Hall–Kier alpha value is -3.44. The molecule has 10 heteroatoms. The number of carbonyl (C=O) groups is 1. The highest BCUT2D eigenvalue weighted by atomic mass is 19.1. The molecule has 1 aromatic heterocycles. The molecule has 1 unspecified atom stereocenters. The first-order valence-corrected chi connectivity index (χ1v) is 12.9. The molecule has 5 rings (SSSR count). The summed E-state index contributed by atoms with van der Waals surface area (Å²) in [5.41, 5.74) is 5.59. The Bertz CT molecular complexity index is 1240. The number of nitrogens with one attached hydrogen (secondary N) is 2. The largest absolute Gasteiger partial charge is 0.376 e. The van der Waals surface area contributed by atoms with Gasteiger partial charge in [-0.15, -0.1) is 0 Å². The average molecular weight is 522 g/mol. The number of rotatable bonds is 8. The van der Waals surface area contributed by atoms with E-state index in [0.29, 0.717) is 48.2 Å². The van der Waals surface area contributed by atoms with Crippen LogP contribution in [0.2, 0.25) is 0 Å². The minimum atomic E-state index is -0.405. The van der Waals surface area contributed by atoms with Crippen molar-refractivity contribution in [3.8, 4) is 11.3 Å². The molecular formula is C28H32FN5O4. The molecule has 2 aromatic carbocycles. The monoisotopic (exact) mass is 521 g/mol. The van der Waals surface area contributed by atoms with Crippen molar-refractivity contribution in [2.24, 2.45) is 0 Å². The predicted octanol–water partition coefficient (Wildman–Crippen LogP) is 4.44.